The summed E-state index contributed by atoms with van der Waals surface area (Å²) in [5, 5.41) is 9.91. The Morgan fingerprint density at radius 2 is 2.10 bits per heavy atom. The topological polar surface area (TPSA) is 95.3 Å². The van der Waals surface area contributed by atoms with Gasteiger partial charge in [-0.05, 0) is 42.9 Å². The van der Waals surface area contributed by atoms with Gasteiger partial charge in [0.2, 0.25) is 11.7 Å². The average Bonchev–Trinajstić information content (AvgIpc) is 3.28. The van der Waals surface area contributed by atoms with Crippen LogP contribution < -0.4 is 11.3 Å². The quantitative estimate of drug-likeness (QED) is 0.507. The van der Waals surface area contributed by atoms with Crippen molar-refractivity contribution in [3.8, 4) is 5.69 Å². The highest BCUT2D eigenvalue weighted by molar-refractivity contribution is 7.99. The second-order valence-electron chi connectivity index (χ2n) is 7.38. The number of para-hydroxylation sites is 1. The number of benzene rings is 1. The Morgan fingerprint density at radius 1 is 1.31 bits per heavy atom. The Balaban J connectivity index is 1.88. The minimum absolute atomic E-state index is 0.0652. The Hall–Kier alpha value is -2.65. The molecule has 9 heteroatoms. The standard InChI is InChI=1S/C20H19N5O2S2/c1-11-7-8-13-14(9-11)29-18-16(13)17(27)24(12-5-3-2-4-6-12)19-22-23-20(25(18)19)28-10-15(21)26/h2-6,11H,7-10H2,1H3,(H2,21,26)/t11-/m0/s1. The lowest BCUT2D eigenvalue weighted by Gasteiger charge is -2.17. The van der Waals surface area contributed by atoms with E-state index in [1.54, 1.807) is 15.9 Å². The van der Waals surface area contributed by atoms with Gasteiger partial charge in [-0.15, -0.1) is 21.5 Å². The number of aromatic nitrogens is 4. The van der Waals surface area contributed by atoms with Crippen LogP contribution in [0, 0.1) is 5.92 Å². The van der Waals surface area contributed by atoms with Gasteiger partial charge >= 0.3 is 0 Å². The molecule has 0 fully saturated rings. The number of nitrogens with two attached hydrogens (primary N) is 1. The predicted octanol–water partition coefficient (Wildman–Crippen LogP) is 2.80. The summed E-state index contributed by atoms with van der Waals surface area (Å²) in [6, 6.07) is 9.48. The van der Waals surface area contributed by atoms with E-state index in [1.165, 1.54) is 16.6 Å². The van der Waals surface area contributed by atoms with Crippen LogP contribution in [0.4, 0.5) is 0 Å². The average molecular weight is 426 g/mol. The molecular formula is C20H19N5O2S2. The molecule has 3 aromatic heterocycles. The van der Waals surface area contributed by atoms with Crippen molar-refractivity contribution in [2.75, 3.05) is 5.75 Å². The van der Waals surface area contributed by atoms with Gasteiger partial charge in [0.25, 0.3) is 5.56 Å². The minimum Gasteiger partial charge on any atom is -0.369 e. The summed E-state index contributed by atoms with van der Waals surface area (Å²) < 4.78 is 3.53. The summed E-state index contributed by atoms with van der Waals surface area (Å²) in [5.41, 5.74) is 7.17. The molecule has 5 rings (SSSR count). The largest absolute Gasteiger partial charge is 0.369 e. The number of fused-ring (bicyclic) bond motifs is 5. The number of primary amides is 1. The molecule has 2 N–H and O–H groups in total. The molecule has 0 aliphatic heterocycles. The zero-order valence-electron chi connectivity index (χ0n) is 15.8. The molecule has 29 heavy (non-hydrogen) atoms. The third kappa shape index (κ3) is 2.96. The maximum atomic E-state index is 13.6. The fourth-order valence-electron chi connectivity index (χ4n) is 3.94. The number of thiophene rings is 1. The van der Waals surface area contributed by atoms with Gasteiger partial charge in [0.1, 0.15) is 4.83 Å². The number of nitrogens with zero attached hydrogens (tertiary/aromatic N) is 4. The molecule has 4 aromatic rings. The van der Waals surface area contributed by atoms with Gasteiger partial charge < -0.3 is 5.73 Å². The van der Waals surface area contributed by atoms with Gasteiger partial charge in [-0.2, -0.15) is 0 Å². The Labute approximate surface area is 174 Å². The van der Waals surface area contributed by atoms with Crippen LogP contribution >= 0.6 is 23.1 Å². The SMILES string of the molecule is C[C@H]1CCc2c(sc3c2c(=O)n(-c2ccccc2)c2nnc(SCC(N)=O)n32)C1. The maximum Gasteiger partial charge on any atom is 0.268 e. The normalized spacial score (nSPS) is 16.4. The van der Waals surface area contributed by atoms with Gasteiger partial charge in [0.05, 0.1) is 16.8 Å². The molecule has 0 spiro atoms. The number of carbonyl (C=O) groups excluding carboxylic acids is 1. The van der Waals surface area contributed by atoms with Crippen LogP contribution in [0.3, 0.4) is 0 Å². The molecule has 1 atom stereocenters. The Morgan fingerprint density at radius 3 is 2.86 bits per heavy atom. The third-order valence-corrected chi connectivity index (χ3v) is 7.48. The molecule has 1 aliphatic rings. The van der Waals surface area contributed by atoms with Crippen LogP contribution in [0.15, 0.2) is 40.3 Å². The molecule has 1 aromatic carbocycles. The fourth-order valence-corrected chi connectivity index (χ4v) is 6.17. The van der Waals surface area contributed by atoms with Crippen molar-refractivity contribution in [3.63, 3.8) is 0 Å². The lowest BCUT2D eigenvalue weighted by Crippen LogP contribution is -2.22. The molecule has 148 valence electrons. The first-order chi connectivity index (χ1) is 14.0. The number of hydrogen-bond donors (Lipinski definition) is 1. The molecule has 1 aliphatic carbocycles. The van der Waals surface area contributed by atoms with E-state index < -0.39 is 5.91 Å². The predicted molar refractivity (Wildman–Crippen MR) is 115 cm³/mol. The van der Waals surface area contributed by atoms with Crippen LogP contribution in [-0.4, -0.2) is 30.8 Å². The molecule has 3 heterocycles. The van der Waals surface area contributed by atoms with Gasteiger partial charge in [-0.3, -0.25) is 9.59 Å². The second-order valence-corrected chi connectivity index (χ2v) is 9.41. The number of carbonyl (C=O) groups is 1. The zero-order valence-corrected chi connectivity index (χ0v) is 17.4. The number of thioether (sulfide) groups is 1. The van der Waals surface area contributed by atoms with Crippen molar-refractivity contribution < 1.29 is 4.79 Å². The third-order valence-electron chi connectivity index (χ3n) is 5.29. The summed E-state index contributed by atoms with van der Waals surface area (Å²) >= 11 is 2.89. The molecule has 0 saturated carbocycles. The monoisotopic (exact) mass is 425 g/mol. The minimum atomic E-state index is -0.418. The Kier molecular flexibility index (Phi) is 4.44. The lowest BCUT2D eigenvalue weighted by molar-refractivity contribution is -0.115. The van der Waals surface area contributed by atoms with Gasteiger partial charge in [0.15, 0.2) is 5.16 Å². The van der Waals surface area contributed by atoms with Crippen molar-refractivity contribution in [2.24, 2.45) is 11.7 Å². The van der Waals surface area contributed by atoms with Crippen LogP contribution in [0.1, 0.15) is 23.8 Å². The van der Waals surface area contributed by atoms with Crippen LogP contribution in [-0.2, 0) is 17.6 Å². The molecule has 0 saturated heterocycles. The summed E-state index contributed by atoms with van der Waals surface area (Å²) in [6.45, 7) is 2.25. The first-order valence-electron chi connectivity index (χ1n) is 9.45. The van der Waals surface area contributed by atoms with E-state index in [1.807, 2.05) is 34.7 Å². The number of aryl methyl sites for hydroxylation is 1. The van der Waals surface area contributed by atoms with Gasteiger partial charge in [-0.1, -0.05) is 36.9 Å². The first kappa shape index (κ1) is 18.4. The van der Waals surface area contributed by atoms with E-state index in [4.69, 9.17) is 5.73 Å². The molecule has 7 nitrogen and oxygen atoms in total. The molecule has 1 amide bonds. The summed E-state index contributed by atoms with van der Waals surface area (Å²) in [6.07, 6.45) is 2.96. The molecule has 0 unspecified atom stereocenters. The van der Waals surface area contributed by atoms with E-state index in [0.717, 1.165) is 40.7 Å². The fraction of sp³-hybridized carbons (Fsp3) is 0.300. The van der Waals surface area contributed by atoms with Gasteiger partial charge in [0, 0.05) is 4.88 Å². The highest BCUT2D eigenvalue weighted by atomic mass is 32.2. The number of rotatable bonds is 4. The van der Waals surface area contributed by atoms with E-state index in [2.05, 4.69) is 17.1 Å². The first-order valence-corrected chi connectivity index (χ1v) is 11.3. The van der Waals surface area contributed by atoms with Crippen molar-refractivity contribution in [3.05, 3.63) is 51.1 Å². The lowest BCUT2D eigenvalue weighted by atomic mass is 9.89. The van der Waals surface area contributed by atoms with E-state index >= 15 is 0 Å². The van der Waals surface area contributed by atoms with Crippen molar-refractivity contribution >= 4 is 45.0 Å². The smallest absolute Gasteiger partial charge is 0.268 e. The number of amides is 1. The van der Waals surface area contributed by atoms with E-state index in [0.29, 0.717) is 16.9 Å². The van der Waals surface area contributed by atoms with Crippen molar-refractivity contribution in [1.29, 1.82) is 0 Å². The van der Waals surface area contributed by atoms with Crippen LogP contribution in [0.5, 0.6) is 0 Å². The molecule has 0 radical (unpaired) electrons. The van der Waals surface area contributed by atoms with E-state index in [-0.39, 0.29) is 11.3 Å². The maximum absolute atomic E-state index is 13.6. The summed E-state index contributed by atoms with van der Waals surface area (Å²) in [4.78, 5) is 27.1. The molecule has 0 bridgehead atoms. The zero-order chi connectivity index (χ0) is 20.1. The highest BCUT2D eigenvalue weighted by Crippen LogP contribution is 2.38. The number of hydrogen-bond acceptors (Lipinski definition) is 6. The van der Waals surface area contributed by atoms with Crippen LogP contribution in [0.2, 0.25) is 0 Å². The summed E-state index contributed by atoms with van der Waals surface area (Å²) in [7, 11) is 0. The van der Waals surface area contributed by atoms with E-state index in [9.17, 15) is 9.59 Å². The van der Waals surface area contributed by atoms with Crippen LogP contribution in [0.25, 0.3) is 21.7 Å². The highest BCUT2D eigenvalue weighted by Gasteiger charge is 2.27. The second kappa shape index (κ2) is 7.00. The van der Waals surface area contributed by atoms with Gasteiger partial charge in [-0.25, -0.2) is 8.97 Å². The Bertz CT molecular complexity index is 1310. The molecular weight excluding hydrogens is 406 g/mol. The van der Waals surface area contributed by atoms with Crippen molar-refractivity contribution in [2.45, 2.75) is 31.3 Å². The van der Waals surface area contributed by atoms with Crippen molar-refractivity contribution in [1.82, 2.24) is 19.2 Å². The summed E-state index contributed by atoms with van der Waals surface area (Å²) in [5.74, 6) is 0.743.